The van der Waals surface area contributed by atoms with Crippen molar-refractivity contribution in [3.05, 3.63) is 28.3 Å². The molecule has 1 rings (SSSR count). The third-order valence-corrected chi connectivity index (χ3v) is 3.35. The van der Waals surface area contributed by atoms with E-state index in [2.05, 4.69) is 5.32 Å². The Labute approximate surface area is 115 Å². The van der Waals surface area contributed by atoms with E-state index in [1.165, 1.54) is 6.07 Å². The molecule has 0 saturated heterocycles. The van der Waals surface area contributed by atoms with Crippen molar-refractivity contribution in [3.63, 3.8) is 0 Å². The lowest BCUT2D eigenvalue weighted by Gasteiger charge is -2.06. The fourth-order valence-corrected chi connectivity index (χ4v) is 2.16. The highest BCUT2D eigenvalue weighted by Crippen LogP contribution is 2.30. The van der Waals surface area contributed by atoms with E-state index in [-0.39, 0.29) is 17.8 Å². The predicted molar refractivity (Wildman–Crippen MR) is 73.0 cm³/mol. The average molecular weight is 279 g/mol. The molecule has 1 aromatic rings. The van der Waals surface area contributed by atoms with E-state index in [0.717, 1.165) is 17.1 Å². The van der Waals surface area contributed by atoms with Gasteiger partial charge in [0.2, 0.25) is 5.91 Å². The van der Waals surface area contributed by atoms with E-state index in [0.29, 0.717) is 0 Å². The van der Waals surface area contributed by atoms with Gasteiger partial charge in [0.15, 0.2) is 0 Å². The van der Waals surface area contributed by atoms with Gasteiger partial charge >= 0.3 is 0 Å². The molecule has 0 bridgehead atoms. The Morgan fingerprint density at radius 1 is 1.58 bits per heavy atom. The fourth-order valence-electron chi connectivity index (χ4n) is 1.35. The van der Waals surface area contributed by atoms with Crippen molar-refractivity contribution in [1.82, 2.24) is 0 Å². The van der Waals surface area contributed by atoms with Gasteiger partial charge in [-0.2, -0.15) is 5.26 Å². The van der Waals surface area contributed by atoms with Crippen molar-refractivity contribution in [1.29, 1.82) is 5.26 Å². The Hall–Kier alpha value is -2.07. The van der Waals surface area contributed by atoms with Gasteiger partial charge in [-0.3, -0.25) is 14.9 Å². The Kier molecular flexibility index (Phi) is 5.82. The van der Waals surface area contributed by atoms with Crippen LogP contribution in [0.15, 0.2) is 23.1 Å². The van der Waals surface area contributed by atoms with Crippen LogP contribution in [0.1, 0.15) is 19.8 Å². The van der Waals surface area contributed by atoms with E-state index < -0.39 is 10.8 Å². The normalized spacial score (nSPS) is 9.68. The largest absolute Gasteiger partial charge is 0.319 e. The van der Waals surface area contributed by atoms with Gasteiger partial charge in [0.25, 0.3) is 5.69 Å². The van der Waals surface area contributed by atoms with Crippen LogP contribution in [-0.2, 0) is 4.79 Å². The lowest BCUT2D eigenvalue weighted by atomic mass is 10.2. The molecule has 0 aliphatic carbocycles. The highest BCUT2D eigenvalue weighted by Gasteiger charge is 2.16. The molecule has 1 amide bonds. The lowest BCUT2D eigenvalue weighted by molar-refractivity contribution is -0.384. The summed E-state index contributed by atoms with van der Waals surface area (Å²) in [6.45, 7) is 2.04. The highest BCUT2D eigenvalue weighted by molar-refractivity contribution is 7.99. The number of hydrogen-bond donors (Lipinski definition) is 1. The Morgan fingerprint density at radius 2 is 2.32 bits per heavy atom. The third kappa shape index (κ3) is 4.60. The van der Waals surface area contributed by atoms with Crippen LogP contribution in [0.5, 0.6) is 0 Å². The molecule has 1 aromatic carbocycles. The number of nitro benzene ring substituents is 1. The summed E-state index contributed by atoms with van der Waals surface area (Å²) < 4.78 is 0. The number of nitrogens with one attached hydrogen (secondary N) is 1. The van der Waals surface area contributed by atoms with Crippen molar-refractivity contribution in [3.8, 4) is 6.07 Å². The summed E-state index contributed by atoms with van der Waals surface area (Å²) in [6, 6.07) is 6.27. The SMILES string of the molecule is CCCSc1ccc([N+](=O)[O-])c(NC(=O)CC#N)c1. The molecular weight excluding hydrogens is 266 g/mol. The Morgan fingerprint density at radius 3 is 2.89 bits per heavy atom. The maximum Gasteiger partial charge on any atom is 0.292 e. The maximum atomic E-state index is 11.3. The van der Waals surface area contributed by atoms with Gasteiger partial charge in [-0.15, -0.1) is 11.8 Å². The molecule has 0 radical (unpaired) electrons. The summed E-state index contributed by atoms with van der Waals surface area (Å²) in [4.78, 5) is 22.5. The summed E-state index contributed by atoms with van der Waals surface area (Å²) in [7, 11) is 0. The molecule has 0 aliphatic heterocycles. The van der Waals surface area contributed by atoms with Gasteiger partial charge in [-0.25, -0.2) is 0 Å². The second-order valence-electron chi connectivity index (χ2n) is 3.67. The number of rotatable bonds is 6. The maximum absolute atomic E-state index is 11.3. The van der Waals surface area contributed by atoms with Crippen LogP contribution in [0.25, 0.3) is 0 Å². The second-order valence-corrected chi connectivity index (χ2v) is 4.84. The quantitative estimate of drug-likeness (QED) is 0.490. The van der Waals surface area contributed by atoms with Crippen LogP contribution < -0.4 is 5.32 Å². The number of thioether (sulfide) groups is 1. The van der Waals surface area contributed by atoms with Crippen LogP contribution in [-0.4, -0.2) is 16.6 Å². The van der Waals surface area contributed by atoms with Crippen molar-refractivity contribution < 1.29 is 9.72 Å². The predicted octanol–water partition coefficient (Wildman–Crippen LogP) is 2.95. The van der Waals surface area contributed by atoms with Crippen LogP contribution >= 0.6 is 11.8 Å². The number of nitro groups is 1. The molecule has 0 atom stereocenters. The summed E-state index contributed by atoms with van der Waals surface area (Å²) in [5.74, 6) is 0.340. The minimum absolute atomic E-state index is 0.131. The summed E-state index contributed by atoms with van der Waals surface area (Å²) >= 11 is 1.56. The van der Waals surface area contributed by atoms with E-state index in [4.69, 9.17) is 5.26 Å². The summed E-state index contributed by atoms with van der Waals surface area (Å²) in [5.41, 5.74) is -0.0431. The van der Waals surface area contributed by atoms with Gasteiger partial charge in [-0.05, 0) is 24.3 Å². The number of carbonyl (C=O) groups is 1. The number of benzene rings is 1. The van der Waals surface area contributed by atoms with Gasteiger partial charge in [0.05, 0.1) is 11.0 Å². The molecule has 0 saturated carbocycles. The standard InChI is InChI=1S/C12H13N3O3S/c1-2-7-19-9-3-4-11(15(17)18)10(8-9)14-12(16)5-6-13/h3-4,8H,2,5,7H2,1H3,(H,14,16). The zero-order valence-corrected chi connectivity index (χ0v) is 11.2. The molecule has 0 fully saturated rings. The summed E-state index contributed by atoms with van der Waals surface area (Å²) in [6.07, 6.45) is 0.654. The molecule has 0 aromatic heterocycles. The lowest BCUT2D eigenvalue weighted by Crippen LogP contribution is -2.11. The zero-order chi connectivity index (χ0) is 14.3. The molecule has 0 heterocycles. The van der Waals surface area contributed by atoms with E-state index in [1.807, 2.05) is 6.92 Å². The van der Waals surface area contributed by atoms with E-state index in [9.17, 15) is 14.9 Å². The first-order valence-electron chi connectivity index (χ1n) is 5.66. The number of carbonyl (C=O) groups excluding carboxylic acids is 1. The van der Waals surface area contributed by atoms with Gasteiger partial charge in [-0.1, -0.05) is 6.92 Å². The second kappa shape index (κ2) is 7.38. The molecule has 100 valence electrons. The number of amides is 1. The molecule has 19 heavy (non-hydrogen) atoms. The highest BCUT2D eigenvalue weighted by atomic mass is 32.2. The third-order valence-electron chi connectivity index (χ3n) is 2.15. The smallest absolute Gasteiger partial charge is 0.292 e. The Balaban J connectivity index is 2.98. The molecule has 0 aliphatic rings. The first kappa shape index (κ1) is 15.0. The molecule has 1 N–H and O–H groups in total. The molecule has 0 spiro atoms. The monoisotopic (exact) mass is 279 g/mol. The van der Waals surface area contributed by atoms with E-state index >= 15 is 0 Å². The number of hydrogen-bond acceptors (Lipinski definition) is 5. The minimum Gasteiger partial charge on any atom is -0.319 e. The van der Waals surface area contributed by atoms with Crippen molar-refractivity contribution in [2.75, 3.05) is 11.1 Å². The van der Waals surface area contributed by atoms with Crippen LogP contribution in [0.3, 0.4) is 0 Å². The number of nitriles is 1. The number of nitrogens with zero attached hydrogens (tertiary/aromatic N) is 2. The van der Waals surface area contributed by atoms with Crippen molar-refractivity contribution in [2.45, 2.75) is 24.7 Å². The topological polar surface area (TPSA) is 96.0 Å². The van der Waals surface area contributed by atoms with Crippen LogP contribution in [0.2, 0.25) is 0 Å². The van der Waals surface area contributed by atoms with Gasteiger partial charge in [0.1, 0.15) is 12.1 Å². The minimum atomic E-state index is -0.559. The average Bonchev–Trinajstić information content (AvgIpc) is 2.36. The van der Waals surface area contributed by atoms with Gasteiger partial charge in [0, 0.05) is 11.0 Å². The molecule has 6 nitrogen and oxygen atoms in total. The van der Waals surface area contributed by atoms with Crippen molar-refractivity contribution in [2.24, 2.45) is 0 Å². The summed E-state index contributed by atoms with van der Waals surface area (Å²) in [5, 5.41) is 21.7. The van der Waals surface area contributed by atoms with Crippen molar-refractivity contribution >= 4 is 29.0 Å². The first-order valence-corrected chi connectivity index (χ1v) is 6.65. The van der Waals surface area contributed by atoms with Crippen LogP contribution in [0.4, 0.5) is 11.4 Å². The van der Waals surface area contributed by atoms with E-state index in [1.54, 1.807) is 30.0 Å². The molecule has 7 heteroatoms. The zero-order valence-electron chi connectivity index (χ0n) is 10.4. The molecular formula is C12H13N3O3S. The first-order chi connectivity index (χ1) is 9.08. The van der Waals surface area contributed by atoms with Crippen LogP contribution in [0, 0.1) is 21.4 Å². The number of anilines is 1. The van der Waals surface area contributed by atoms with Gasteiger partial charge < -0.3 is 5.32 Å². The Bertz CT molecular complexity index is 525. The molecule has 0 unspecified atom stereocenters. The fraction of sp³-hybridized carbons (Fsp3) is 0.333.